The molecule has 2 aromatic rings. The fourth-order valence-electron chi connectivity index (χ4n) is 2.22. The van der Waals surface area contributed by atoms with Crippen LogP contribution in [0.5, 0.6) is 0 Å². The standard InChI is InChI=1S/C18H19BrN2O2/c1-3-21(4-2)18(23)14-7-5-6-13(12-14)17(22)20-16-10-8-15(19)9-11-16/h5-12H,3-4H2,1-2H3,(H,20,22). The number of amides is 2. The van der Waals surface area contributed by atoms with Gasteiger partial charge in [-0.3, -0.25) is 9.59 Å². The lowest BCUT2D eigenvalue weighted by Gasteiger charge is -2.18. The average molecular weight is 375 g/mol. The molecule has 2 aromatic carbocycles. The van der Waals surface area contributed by atoms with E-state index in [1.807, 2.05) is 38.1 Å². The van der Waals surface area contributed by atoms with Crippen LogP contribution in [-0.2, 0) is 0 Å². The van der Waals surface area contributed by atoms with E-state index < -0.39 is 0 Å². The van der Waals surface area contributed by atoms with Crippen molar-refractivity contribution in [2.45, 2.75) is 13.8 Å². The van der Waals surface area contributed by atoms with Crippen molar-refractivity contribution in [3.8, 4) is 0 Å². The van der Waals surface area contributed by atoms with Gasteiger partial charge in [-0.1, -0.05) is 22.0 Å². The van der Waals surface area contributed by atoms with Crippen LogP contribution in [0.1, 0.15) is 34.6 Å². The number of nitrogens with zero attached hydrogens (tertiary/aromatic N) is 1. The van der Waals surface area contributed by atoms with Crippen LogP contribution in [0.4, 0.5) is 5.69 Å². The lowest BCUT2D eigenvalue weighted by atomic mass is 10.1. The number of halogens is 1. The van der Waals surface area contributed by atoms with Crippen molar-refractivity contribution >= 4 is 33.4 Å². The number of nitrogens with one attached hydrogen (secondary N) is 1. The average Bonchev–Trinajstić information content (AvgIpc) is 2.58. The molecule has 0 fully saturated rings. The molecule has 2 rings (SSSR count). The highest BCUT2D eigenvalue weighted by Gasteiger charge is 2.14. The van der Waals surface area contributed by atoms with Gasteiger partial charge in [0.1, 0.15) is 0 Å². The first-order chi connectivity index (χ1) is 11.0. The van der Waals surface area contributed by atoms with Gasteiger partial charge >= 0.3 is 0 Å². The summed E-state index contributed by atoms with van der Waals surface area (Å²) in [6.45, 7) is 5.16. The molecular formula is C18H19BrN2O2. The molecule has 0 aromatic heterocycles. The normalized spacial score (nSPS) is 10.2. The van der Waals surface area contributed by atoms with Gasteiger partial charge in [-0.15, -0.1) is 0 Å². The largest absolute Gasteiger partial charge is 0.339 e. The van der Waals surface area contributed by atoms with Crippen molar-refractivity contribution in [2.75, 3.05) is 18.4 Å². The first-order valence-electron chi connectivity index (χ1n) is 7.51. The summed E-state index contributed by atoms with van der Waals surface area (Å²) < 4.78 is 0.947. The molecule has 5 heteroatoms. The van der Waals surface area contributed by atoms with E-state index >= 15 is 0 Å². The molecule has 0 radical (unpaired) electrons. The molecule has 0 aliphatic heterocycles. The molecule has 0 unspecified atom stereocenters. The van der Waals surface area contributed by atoms with Crippen LogP contribution in [0.25, 0.3) is 0 Å². The fourth-order valence-corrected chi connectivity index (χ4v) is 2.49. The molecular weight excluding hydrogens is 356 g/mol. The van der Waals surface area contributed by atoms with Crippen molar-refractivity contribution in [3.63, 3.8) is 0 Å². The third-order valence-corrected chi connectivity index (χ3v) is 4.05. The summed E-state index contributed by atoms with van der Waals surface area (Å²) in [6.07, 6.45) is 0. The minimum atomic E-state index is -0.235. The van der Waals surface area contributed by atoms with Crippen molar-refractivity contribution < 1.29 is 9.59 Å². The summed E-state index contributed by atoms with van der Waals surface area (Å²) in [4.78, 5) is 26.4. The molecule has 0 saturated carbocycles. The quantitative estimate of drug-likeness (QED) is 0.852. The van der Waals surface area contributed by atoms with E-state index in [-0.39, 0.29) is 11.8 Å². The number of anilines is 1. The van der Waals surface area contributed by atoms with Crippen LogP contribution in [0.15, 0.2) is 53.0 Å². The molecule has 4 nitrogen and oxygen atoms in total. The van der Waals surface area contributed by atoms with Crippen molar-refractivity contribution in [2.24, 2.45) is 0 Å². The summed E-state index contributed by atoms with van der Waals surface area (Å²) in [5, 5.41) is 2.82. The number of carbonyl (C=O) groups excluding carboxylic acids is 2. The predicted octanol–water partition coefficient (Wildman–Crippen LogP) is 4.18. The van der Waals surface area contributed by atoms with Gasteiger partial charge in [0.05, 0.1) is 0 Å². The third-order valence-electron chi connectivity index (χ3n) is 3.52. The van der Waals surface area contributed by atoms with E-state index in [2.05, 4.69) is 21.2 Å². The van der Waals surface area contributed by atoms with Gasteiger partial charge in [0, 0.05) is 34.4 Å². The zero-order chi connectivity index (χ0) is 16.8. The van der Waals surface area contributed by atoms with Gasteiger partial charge in [-0.2, -0.15) is 0 Å². The van der Waals surface area contributed by atoms with Gasteiger partial charge in [-0.05, 0) is 56.3 Å². The second-order valence-electron chi connectivity index (χ2n) is 5.02. The smallest absolute Gasteiger partial charge is 0.255 e. The highest BCUT2D eigenvalue weighted by Crippen LogP contribution is 2.16. The topological polar surface area (TPSA) is 49.4 Å². The van der Waals surface area contributed by atoms with E-state index in [0.29, 0.717) is 29.9 Å². The van der Waals surface area contributed by atoms with E-state index in [1.54, 1.807) is 29.2 Å². The SMILES string of the molecule is CCN(CC)C(=O)c1cccc(C(=O)Nc2ccc(Br)cc2)c1. The van der Waals surface area contributed by atoms with Crippen molar-refractivity contribution in [1.82, 2.24) is 4.90 Å². The van der Waals surface area contributed by atoms with Crippen LogP contribution >= 0.6 is 15.9 Å². The Morgan fingerprint density at radius 3 is 2.22 bits per heavy atom. The summed E-state index contributed by atoms with van der Waals surface area (Å²) >= 11 is 3.35. The Morgan fingerprint density at radius 1 is 1.00 bits per heavy atom. The first kappa shape index (κ1) is 17.2. The van der Waals surface area contributed by atoms with Gasteiger partial charge < -0.3 is 10.2 Å². The van der Waals surface area contributed by atoms with E-state index in [9.17, 15) is 9.59 Å². The first-order valence-corrected chi connectivity index (χ1v) is 8.30. The summed E-state index contributed by atoms with van der Waals surface area (Å²) in [7, 11) is 0. The molecule has 0 spiro atoms. The lowest BCUT2D eigenvalue weighted by molar-refractivity contribution is 0.0773. The second kappa shape index (κ2) is 7.92. The molecule has 23 heavy (non-hydrogen) atoms. The maximum Gasteiger partial charge on any atom is 0.255 e. The number of benzene rings is 2. The van der Waals surface area contributed by atoms with Crippen molar-refractivity contribution in [1.29, 1.82) is 0 Å². The van der Waals surface area contributed by atoms with Crippen LogP contribution in [-0.4, -0.2) is 29.8 Å². The lowest BCUT2D eigenvalue weighted by Crippen LogP contribution is -2.30. The summed E-state index contributed by atoms with van der Waals surface area (Å²) in [5.41, 5.74) is 1.70. The zero-order valence-corrected chi connectivity index (χ0v) is 14.8. The molecule has 0 bridgehead atoms. The van der Waals surface area contributed by atoms with Crippen LogP contribution in [0, 0.1) is 0 Å². The third kappa shape index (κ3) is 4.42. The molecule has 0 heterocycles. The predicted molar refractivity (Wildman–Crippen MR) is 95.8 cm³/mol. The highest BCUT2D eigenvalue weighted by atomic mass is 79.9. The van der Waals surface area contributed by atoms with Crippen LogP contribution in [0.2, 0.25) is 0 Å². The van der Waals surface area contributed by atoms with Gasteiger partial charge in [0.25, 0.3) is 11.8 Å². The van der Waals surface area contributed by atoms with Crippen molar-refractivity contribution in [3.05, 3.63) is 64.1 Å². The maximum absolute atomic E-state index is 12.4. The minimum absolute atomic E-state index is 0.0618. The Kier molecular flexibility index (Phi) is 5.93. The maximum atomic E-state index is 12.4. The van der Waals surface area contributed by atoms with E-state index in [1.165, 1.54) is 0 Å². The number of rotatable bonds is 5. The fraction of sp³-hybridized carbons (Fsp3) is 0.222. The number of hydrogen-bond donors (Lipinski definition) is 1. The number of carbonyl (C=O) groups is 2. The van der Waals surface area contributed by atoms with Gasteiger partial charge in [0.15, 0.2) is 0 Å². The molecule has 1 N–H and O–H groups in total. The molecule has 0 atom stereocenters. The number of hydrogen-bond acceptors (Lipinski definition) is 2. The summed E-state index contributed by atoms with van der Waals surface area (Å²) in [5.74, 6) is -0.296. The van der Waals surface area contributed by atoms with Gasteiger partial charge in [-0.25, -0.2) is 0 Å². The van der Waals surface area contributed by atoms with Crippen LogP contribution in [0.3, 0.4) is 0 Å². The minimum Gasteiger partial charge on any atom is -0.339 e. The van der Waals surface area contributed by atoms with Gasteiger partial charge in [0.2, 0.25) is 0 Å². The second-order valence-corrected chi connectivity index (χ2v) is 5.93. The summed E-state index contributed by atoms with van der Waals surface area (Å²) in [6, 6.07) is 14.1. The molecule has 0 saturated heterocycles. The Hall–Kier alpha value is -2.14. The Labute approximate surface area is 144 Å². The Balaban J connectivity index is 2.17. The zero-order valence-electron chi connectivity index (χ0n) is 13.2. The Morgan fingerprint density at radius 2 is 1.61 bits per heavy atom. The van der Waals surface area contributed by atoms with Crippen LogP contribution < -0.4 is 5.32 Å². The molecule has 0 aliphatic rings. The Bertz CT molecular complexity index is 694. The van der Waals surface area contributed by atoms with E-state index in [0.717, 1.165) is 4.47 Å². The molecule has 0 aliphatic carbocycles. The monoisotopic (exact) mass is 374 g/mol. The molecule has 120 valence electrons. The van der Waals surface area contributed by atoms with E-state index in [4.69, 9.17) is 0 Å². The molecule has 2 amide bonds. The highest BCUT2D eigenvalue weighted by molar-refractivity contribution is 9.10.